The molecule has 1 aromatic heterocycles. The molecule has 0 aromatic carbocycles. The molecule has 1 aromatic rings. The number of hydrogen-bond donors (Lipinski definition) is 2. The first-order valence-corrected chi connectivity index (χ1v) is 3.13. The highest BCUT2D eigenvalue weighted by molar-refractivity contribution is 5.63. The molecule has 1 heterocycles. The molecule has 0 fully saturated rings. The Bertz CT molecular complexity index is 341. The van der Waals surface area contributed by atoms with Crippen molar-refractivity contribution in [2.75, 3.05) is 11.5 Å². The molecule has 0 bridgehead atoms. The number of nitrogen functional groups attached to an aromatic ring is 2. The third kappa shape index (κ3) is 1.04. The number of nitrogens with zero attached hydrogens (tertiary/aromatic N) is 2. The first-order chi connectivity index (χ1) is 5.04. The summed E-state index contributed by atoms with van der Waals surface area (Å²) in [4.78, 5) is 11.0. The molecular weight excluding hydrogens is 144 g/mol. The summed E-state index contributed by atoms with van der Waals surface area (Å²) in [6.07, 6.45) is 0. The van der Waals surface area contributed by atoms with Gasteiger partial charge in [0.05, 0.1) is 11.4 Å². The van der Waals surface area contributed by atoms with Gasteiger partial charge in [-0.25, -0.2) is 4.68 Å². The summed E-state index contributed by atoms with van der Waals surface area (Å²) in [5, 5.41) is 3.83. The van der Waals surface area contributed by atoms with Crippen LogP contribution in [-0.2, 0) is 7.05 Å². The van der Waals surface area contributed by atoms with E-state index >= 15 is 0 Å². The predicted molar refractivity (Wildman–Crippen MR) is 43.0 cm³/mol. The monoisotopic (exact) mass is 154 g/mol. The number of anilines is 2. The van der Waals surface area contributed by atoms with E-state index < -0.39 is 0 Å². The van der Waals surface area contributed by atoms with Crippen LogP contribution in [0.25, 0.3) is 0 Å². The Morgan fingerprint density at radius 2 is 1.91 bits per heavy atom. The lowest BCUT2D eigenvalue weighted by Crippen LogP contribution is -2.25. The summed E-state index contributed by atoms with van der Waals surface area (Å²) in [5.41, 5.74) is 11.4. The second kappa shape index (κ2) is 2.26. The Labute approximate surface area is 63.6 Å². The van der Waals surface area contributed by atoms with Crippen molar-refractivity contribution >= 4 is 11.4 Å². The molecular formula is C6H10N4O. The molecule has 0 amide bonds. The maximum Gasteiger partial charge on any atom is 0.291 e. The van der Waals surface area contributed by atoms with Crippen LogP contribution < -0.4 is 17.0 Å². The molecule has 0 saturated carbocycles. The van der Waals surface area contributed by atoms with Gasteiger partial charge < -0.3 is 11.5 Å². The van der Waals surface area contributed by atoms with E-state index in [9.17, 15) is 4.79 Å². The van der Waals surface area contributed by atoms with Crippen LogP contribution in [0.5, 0.6) is 0 Å². The largest absolute Gasteiger partial charge is 0.395 e. The maximum absolute atomic E-state index is 11.0. The molecule has 0 spiro atoms. The molecule has 4 N–H and O–H groups in total. The lowest BCUT2D eigenvalue weighted by atomic mass is 10.3. The minimum atomic E-state index is -0.354. The van der Waals surface area contributed by atoms with Crippen molar-refractivity contribution in [2.45, 2.75) is 6.92 Å². The van der Waals surface area contributed by atoms with Crippen LogP contribution in [0.3, 0.4) is 0 Å². The Hall–Kier alpha value is -1.52. The highest BCUT2D eigenvalue weighted by Crippen LogP contribution is 2.10. The fourth-order valence-electron chi connectivity index (χ4n) is 0.809. The number of nitrogens with two attached hydrogens (primary N) is 2. The summed E-state index contributed by atoms with van der Waals surface area (Å²) >= 11 is 0. The molecule has 0 radical (unpaired) electrons. The maximum atomic E-state index is 11.0. The van der Waals surface area contributed by atoms with Gasteiger partial charge in [-0.2, -0.15) is 5.10 Å². The third-order valence-electron chi connectivity index (χ3n) is 1.50. The van der Waals surface area contributed by atoms with Gasteiger partial charge in [0.1, 0.15) is 5.69 Å². The van der Waals surface area contributed by atoms with Crippen molar-refractivity contribution in [1.29, 1.82) is 0 Å². The summed E-state index contributed by atoms with van der Waals surface area (Å²) in [6.45, 7) is 1.70. The van der Waals surface area contributed by atoms with E-state index in [0.29, 0.717) is 5.69 Å². The molecule has 0 unspecified atom stereocenters. The minimum absolute atomic E-state index is 0.0694. The molecule has 5 nitrogen and oxygen atoms in total. The van der Waals surface area contributed by atoms with Gasteiger partial charge in [0, 0.05) is 7.05 Å². The highest BCUT2D eigenvalue weighted by Gasteiger charge is 2.05. The quantitative estimate of drug-likeness (QED) is 0.515. The second-order valence-electron chi connectivity index (χ2n) is 2.34. The summed E-state index contributed by atoms with van der Waals surface area (Å²) in [5.74, 6) is 0. The van der Waals surface area contributed by atoms with E-state index in [1.807, 2.05) is 0 Å². The van der Waals surface area contributed by atoms with E-state index in [1.54, 1.807) is 6.92 Å². The number of aryl methyl sites for hydroxylation is 2. The molecule has 60 valence electrons. The van der Waals surface area contributed by atoms with Crippen molar-refractivity contribution in [1.82, 2.24) is 9.78 Å². The number of aromatic nitrogens is 2. The Kier molecular flexibility index (Phi) is 1.56. The van der Waals surface area contributed by atoms with E-state index in [2.05, 4.69) is 5.10 Å². The second-order valence-corrected chi connectivity index (χ2v) is 2.34. The van der Waals surface area contributed by atoms with Crippen molar-refractivity contribution < 1.29 is 0 Å². The molecule has 0 aliphatic heterocycles. The average molecular weight is 154 g/mol. The molecule has 11 heavy (non-hydrogen) atoms. The van der Waals surface area contributed by atoms with Crippen LogP contribution in [-0.4, -0.2) is 9.78 Å². The van der Waals surface area contributed by atoms with Gasteiger partial charge in [-0.05, 0) is 6.92 Å². The fourth-order valence-corrected chi connectivity index (χ4v) is 0.809. The molecule has 0 aliphatic carbocycles. The van der Waals surface area contributed by atoms with Gasteiger partial charge >= 0.3 is 0 Å². The van der Waals surface area contributed by atoms with Crippen LogP contribution >= 0.6 is 0 Å². The molecule has 0 saturated heterocycles. The van der Waals surface area contributed by atoms with Crippen molar-refractivity contribution in [3.8, 4) is 0 Å². The van der Waals surface area contributed by atoms with Crippen LogP contribution in [0.1, 0.15) is 5.69 Å². The Balaban J connectivity index is 3.59. The number of rotatable bonds is 0. The Morgan fingerprint density at radius 3 is 2.45 bits per heavy atom. The third-order valence-corrected chi connectivity index (χ3v) is 1.50. The van der Waals surface area contributed by atoms with Crippen molar-refractivity contribution in [2.24, 2.45) is 7.05 Å². The first-order valence-electron chi connectivity index (χ1n) is 3.13. The van der Waals surface area contributed by atoms with Crippen LogP contribution in [0.2, 0.25) is 0 Å². The Morgan fingerprint density at radius 1 is 1.36 bits per heavy atom. The van der Waals surface area contributed by atoms with Crippen LogP contribution in [0, 0.1) is 6.92 Å². The minimum Gasteiger partial charge on any atom is -0.395 e. The zero-order valence-electron chi connectivity index (χ0n) is 6.46. The molecule has 0 atom stereocenters. The van der Waals surface area contributed by atoms with Gasteiger partial charge in [0.2, 0.25) is 0 Å². The van der Waals surface area contributed by atoms with Crippen LogP contribution in [0.15, 0.2) is 4.79 Å². The van der Waals surface area contributed by atoms with Gasteiger partial charge in [-0.15, -0.1) is 0 Å². The van der Waals surface area contributed by atoms with E-state index in [1.165, 1.54) is 11.7 Å². The van der Waals surface area contributed by atoms with Gasteiger partial charge in [0.25, 0.3) is 5.56 Å². The topological polar surface area (TPSA) is 86.9 Å². The lowest BCUT2D eigenvalue weighted by Gasteiger charge is -2.04. The van der Waals surface area contributed by atoms with Crippen molar-refractivity contribution in [3.63, 3.8) is 0 Å². The van der Waals surface area contributed by atoms with E-state index in [-0.39, 0.29) is 16.9 Å². The fraction of sp³-hybridized carbons (Fsp3) is 0.333. The highest BCUT2D eigenvalue weighted by atomic mass is 16.1. The average Bonchev–Trinajstić information content (AvgIpc) is 1.97. The smallest absolute Gasteiger partial charge is 0.291 e. The van der Waals surface area contributed by atoms with Gasteiger partial charge in [-0.1, -0.05) is 0 Å². The first kappa shape index (κ1) is 7.59. The van der Waals surface area contributed by atoms with Gasteiger partial charge in [0.15, 0.2) is 0 Å². The summed E-state index contributed by atoms with van der Waals surface area (Å²) in [6, 6.07) is 0. The SMILES string of the molecule is Cc1nn(C)c(=O)c(N)c1N. The van der Waals surface area contributed by atoms with E-state index in [0.717, 1.165) is 0 Å². The normalized spacial score (nSPS) is 10.0. The summed E-state index contributed by atoms with van der Waals surface area (Å²) < 4.78 is 1.17. The zero-order chi connectivity index (χ0) is 8.59. The van der Waals surface area contributed by atoms with Crippen LogP contribution in [0.4, 0.5) is 11.4 Å². The molecule has 5 heteroatoms. The van der Waals surface area contributed by atoms with Gasteiger partial charge in [-0.3, -0.25) is 4.79 Å². The van der Waals surface area contributed by atoms with Crippen molar-refractivity contribution in [3.05, 3.63) is 16.0 Å². The zero-order valence-corrected chi connectivity index (χ0v) is 6.46. The molecule has 0 aliphatic rings. The number of hydrogen-bond acceptors (Lipinski definition) is 4. The lowest BCUT2D eigenvalue weighted by molar-refractivity contribution is 0.698. The van der Waals surface area contributed by atoms with E-state index in [4.69, 9.17) is 11.5 Å². The standard InChI is InChI=1S/C6H10N4O/c1-3-4(7)5(8)6(11)10(2)9-3/h7-8H2,1-2H3. The predicted octanol–water partition coefficient (Wildman–Crippen LogP) is -0.747. The summed E-state index contributed by atoms with van der Waals surface area (Å²) in [7, 11) is 1.53. The molecule has 1 rings (SSSR count).